The smallest absolute Gasteiger partial charge is 0.0777 e. The standard InChI is InChI=1S/C18H26N2OS/c1-19(2)14-7-10-20(11-8-14)12-9-16-15-5-3-4-6-17(15)22-18(16)13-21/h3-6,14,21H,7-13H2,1-2H3. The van der Waals surface area contributed by atoms with Crippen LogP contribution in [0, 0.1) is 0 Å². The molecule has 1 aliphatic rings. The summed E-state index contributed by atoms with van der Waals surface area (Å²) in [4.78, 5) is 6.07. The lowest BCUT2D eigenvalue weighted by Gasteiger charge is -2.35. The van der Waals surface area contributed by atoms with Gasteiger partial charge >= 0.3 is 0 Å². The second kappa shape index (κ2) is 7.09. The molecule has 2 aromatic rings. The number of piperidine rings is 1. The van der Waals surface area contributed by atoms with Gasteiger partial charge in [-0.25, -0.2) is 0 Å². The van der Waals surface area contributed by atoms with Gasteiger partial charge in [0, 0.05) is 22.2 Å². The number of thiophene rings is 1. The minimum absolute atomic E-state index is 0.164. The van der Waals surface area contributed by atoms with Gasteiger partial charge in [-0.15, -0.1) is 11.3 Å². The zero-order chi connectivity index (χ0) is 15.5. The maximum absolute atomic E-state index is 9.64. The molecule has 22 heavy (non-hydrogen) atoms. The third-order valence-electron chi connectivity index (χ3n) is 4.89. The van der Waals surface area contributed by atoms with E-state index in [1.165, 1.54) is 41.6 Å². The summed E-state index contributed by atoms with van der Waals surface area (Å²) < 4.78 is 1.30. The van der Waals surface area contributed by atoms with E-state index in [1.54, 1.807) is 11.3 Å². The predicted octanol–water partition coefficient (Wildman–Crippen LogP) is 2.96. The Labute approximate surface area is 137 Å². The van der Waals surface area contributed by atoms with Gasteiger partial charge in [0.15, 0.2) is 0 Å². The van der Waals surface area contributed by atoms with Crippen LogP contribution in [0.15, 0.2) is 24.3 Å². The lowest BCUT2D eigenvalue weighted by molar-refractivity contribution is 0.146. The average molecular weight is 318 g/mol. The second-order valence-corrected chi connectivity index (χ2v) is 7.58. The van der Waals surface area contributed by atoms with Crippen LogP contribution < -0.4 is 0 Å². The van der Waals surface area contributed by atoms with E-state index in [-0.39, 0.29) is 6.61 Å². The lowest BCUT2D eigenvalue weighted by Crippen LogP contribution is -2.42. The molecular weight excluding hydrogens is 292 g/mol. The topological polar surface area (TPSA) is 26.7 Å². The third kappa shape index (κ3) is 3.35. The van der Waals surface area contributed by atoms with Gasteiger partial charge in [0.1, 0.15) is 0 Å². The fourth-order valence-electron chi connectivity index (χ4n) is 3.48. The highest BCUT2D eigenvalue weighted by atomic mass is 32.1. The summed E-state index contributed by atoms with van der Waals surface area (Å²) >= 11 is 1.74. The van der Waals surface area contributed by atoms with E-state index in [9.17, 15) is 5.11 Å². The first-order chi connectivity index (χ1) is 10.7. The number of aliphatic hydroxyl groups is 1. The molecule has 0 aliphatic carbocycles. The van der Waals surface area contributed by atoms with Crippen molar-refractivity contribution in [3.8, 4) is 0 Å². The van der Waals surface area contributed by atoms with Crippen LogP contribution in [0.4, 0.5) is 0 Å². The molecule has 3 rings (SSSR count). The van der Waals surface area contributed by atoms with E-state index in [4.69, 9.17) is 0 Å². The fraction of sp³-hybridized carbons (Fsp3) is 0.556. The molecule has 0 saturated carbocycles. The first-order valence-electron chi connectivity index (χ1n) is 8.18. The summed E-state index contributed by atoms with van der Waals surface area (Å²) in [7, 11) is 4.37. The average Bonchev–Trinajstić information content (AvgIpc) is 2.91. The number of hydrogen-bond acceptors (Lipinski definition) is 4. The van der Waals surface area contributed by atoms with Crippen molar-refractivity contribution in [2.45, 2.75) is 31.9 Å². The van der Waals surface area contributed by atoms with Gasteiger partial charge in [-0.2, -0.15) is 0 Å². The van der Waals surface area contributed by atoms with Crippen LogP contribution in [0.2, 0.25) is 0 Å². The maximum Gasteiger partial charge on any atom is 0.0777 e. The van der Waals surface area contributed by atoms with Crippen molar-refractivity contribution >= 4 is 21.4 Å². The monoisotopic (exact) mass is 318 g/mol. The van der Waals surface area contributed by atoms with Crippen LogP contribution in [-0.2, 0) is 13.0 Å². The minimum atomic E-state index is 0.164. The summed E-state index contributed by atoms with van der Waals surface area (Å²) in [6.45, 7) is 3.66. The maximum atomic E-state index is 9.64. The van der Waals surface area contributed by atoms with Gasteiger partial charge in [0.05, 0.1) is 6.61 Å². The normalized spacial score (nSPS) is 17.6. The number of fused-ring (bicyclic) bond motifs is 1. The molecule has 1 N–H and O–H groups in total. The van der Waals surface area contributed by atoms with E-state index >= 15 is 0 Å². The fourth-order valence-corrected chi connectivity index (χ4v) is 4.59. The molecule has 0 atom stereocenters. The van der Waals surface area contributed by atoms with Crippen LogP contribution in [0.25, 0.3) is 10.1 Å². The molecule has 2 heterocycles. The van der Waals surface area contributed by atoms with Crippen molar-refractivity contribution in [1.82, 2.24) is 9.80 Å². The van der Waals surface area contributed by atoms with Crippen molar-refractivity contribution in [1.29, 1.82) is 0 Å². The molecule has 0 amide bonds. The Kier molecular flexibility index (Phi) is 5.14. The van der Waals surface area contributed by atoms with Gasteiger partial charge in [-0.1, -0.05) is 18.2 Å². The molecule has 1 aromatic carbocycles. The van der Waals surface area contributed by atoms with Crippen molar-refractivity contribution in [3.05, 3.63) is 34.7 Å². The number of likely N-dealkylation sites (tertiary alicyclic amines) is 1. The molecule has 1 aliphatic heterocycles. The molecule has 0 radical (unpaired) electrons. The molecule has 1 fully saturated rings. The molecule has 1 saturated heterocycles. The molecular formula is C18H26N2OS. The highest BCUT2D eigenvalue weighted by Gasteiger charge is 2.21. The summed E-state index contributed by atoms with van der Waals surface area (Å²) in [5.74, 6) is 0. The second-order valence-electron chi connectivity index (χ2n) is 6.44. The Bertz CT molecular complexity index is 615. The van der Waals surface area contributed by atoms with Gasteiger partial charge in [0.25, 0.3) is 0 Å². The summed E-state index contributed by atoms with van der Waals surface area (Å²) in [6, 6.07) is 9.27. The Morgan fingerprint density at radius 2 is 1.95 bits per heavy atom. The van der Waals surface area contributed by atoms with E-state index in [0.717, 1.165) is 23.9 Å². The van der Waals surface area contributed by atoms with E-state index in [1.807, 2.05) is 0 Å². The minimum Gasteiger partial charge on any atom is -0.391 e. The SMILES string of the molecule is CN(C)C1CCN(CCc2c(CO)sc3ccccc23)CC1. The summed E-state index contributed by atoms with van der Waals surface area (Å²) in [5, 5.41) is 11.0. The zero-order valence-corrected chi connectivity index (χ0v) is 14.4. The van der Waals surface area contributed by atoms with E-state index in [0.29, 0.717) is 0 Å². The summed E-state index contributed by atoms with van der Waals surface area (Å²) in [6.07, 6.45) is 3.58. The van der Waals surface area contributed by atoms with Crippen molar-refractivity contribution < 1.29 is 5.11 Å². The molecule has 4 heteroatoms. The molecule has 0 spiro atoms. The molecule has 1 aromatic heterocycles. The highest BCUT2D eigenvalue weighted by molar-refractivity contribution is 7.19. The van der Waals surface area contributed by atoms with Gasteiger partial charge in [0.2, 0.25) is 0 Å². The predicted molar refractivity (Wildman–Crippen MR) is 94.6 cm³/mol. The Balaban J connectivity index is 1.65. The first-order valence-corrected chi connectivity index (χ1v) is 8.99. The van der Waals surface area contributed by atoms with E-state index in [2.05, 4.69) is 48.2 Å². The summed E-state index contributed by atoms with van der Waals surface area (Å²) in [5.41, 5.74) is 1.36. The first kappa shape index (κ1) is 15.9. The van der Waals surface area contributed by atoms with Gasteiger partial charge < -0.3 is 14.9 Å². The number of benzene rings is 1. The largest absolute Gasteiger partial charge is 0.391 e. The number of aliphatic hydroxyl groups excluding tert-OH is 1. The van der Waals surface area contributed by atoms with Crippen LogP contribution in [0.3, 0.4) is 0 Å². The van der Waals surface area contributed by atoms with Gasteiger partial charge in [-0.3, -0.25) is 0 Å². The number of rotatable bonds is 5. The molecule has 3 nitrogen and oxygen atoms in total. The number of hydrogen-bond donors (Lipinski definition) is 1. The molecule has 120 valence electrons. The van der Waals surface area contributed by atoms with Crippen LogP contribution >= 0.6 is 11.3 Å². The quantitative estimate of drug-likeness (QED) is 0.918. The van der Waals surface area contributed by atoms with Crippen LogP contribution in [0.1, 0.15) is 23.3 Å². The van der Waals surface area contributed by atoms with E-state index < -0.39 is 0 Å². The van der Waals surface area contributed by atoms with Crippen LogP contribution in [0.5, 0.6) is 0 Å². The third-order valence-corrected chi connectivity index (χ3v) is 6.09. The van der Waals surface area contributed by atoms with Crippen LogP contribution in [-0.4, -0.2) is 54.7 Å². The van der Waals surface area contributed by atoms with Crippen molar-refractivity contribution in [3.63, 3.8) is 0 Å². The Morgan fingerprint density at radius 3 is 2.64 bits per heavy atom. The molecule has 0 bridgehead atoms. The highest BCUT2D eigenvalue weighted by Crippen LogP contribution is 2.32. The lowest BCUT2D eigenvalue weighted by atomic mass is 10.0. The Morgan fingerprint density at radius 1 is 1.23 bits per heavy atom. The van der Waals surface area contributed by atoms with Crippen molar-refractivity contribution in [2.24, 2.45) is 0 Å². The van der Waals surface area contributed by atoms with Crippen molar-refractivity contribution in [2.75, 3.05) is 33.7 Å². The van der Waals surface area contributed by atoms with Gasteiger partial charge in [-0.05, 0) is 63.5 Å². The zero-order valence-electron chi connectivity index (χ0n) is 13.6. The Hall–Kier alpha value is -0.940. The molecule has 0 unspecified atom stereocenters. The number of nitrogens with zero attached hydrogens (tertiary/aromatic N) is 2.